The lowest BCUT2D eigenvalue weighted by atomic mass is 10.0. The molecule has 0 bridgehead atoms. The molecule has 0 fully saturated rings. The molecule has 0 amide bonds. The standard InChI is InChI=1S/C29H40FNO2/c1-3-5-7-9-10-12-13-21-32-27-19-16-23-24-17-20-28(33-22-14-11-8-6-4-2)31-26(24)18-15-25(23)29(27)30/h15-20H,3-14,21-22H2,1-2H3. The third-order valence-electron chi connectivity index (χ3n) is 6.24. The molecular formula is C29H40FNO2. The maximum atomic E-state index is 15.1. The first-order valence-corrected chi connectivity index (χ1v) is 13.0. The minimum Gasteiger partial charge on any atom is -0.490 e. The van der Waals surface area contributed by atoms with E-state index in [1.165, 1.54) is 57.8 Å². The van der Waals surface area contributed by atoms with Crippen LogP contribution in [0.25, 0.3) is 21.7 Å². The molecule has 0 aliphatic rings. The smallest absolute Gasteiger partial charge is 0.213 e. The molecule has 180 valence electrons. The Kier molecular flexibility index (Phi) is 10.7. The lowest BCUT2D eigenvalue weighted by Crippen LogP contribution is -2.00. The van der Waals surface area contributed by atoms with Gasteiger partial charge in [-0.15, -0.1) is 0 Å². The van der Waals surface area contributed by atoms with Gasteiger partial charge >= 0.3 is 0 Å². The molecule has 4 heteroatoms. The second kappa shape index (κ2) is 14.0. The van der Waals surface area contributed by atoms with Crippen LogP contribution in [0.15, 0.2) is 36.4 Å². The Morgan fingerprint density at radius 1 is 0.606 bits per heavy atom. The molecule has 0 saturated heterocycles. The van der Waals surface area contributed by atoms with Crippen LogP contribution in [0, 0.1) is 5.82 Å². The van der Waals surface area contributed by atoms with E-state index in [0.717, 1.165) is 35.6 Å². The van der Waals surface area contributed by atoms with Gasteiger partial charge in [-0.1, -0.05) is 78.1 Å². The number of hydrogen-bond donors (Lipinski definition) is 0. The fourth-order valence-corrected chi connectivity index (χ4v) is 4.26. The zero-order chi connectivity index (χ0) is 23.3. The van der Waals surface area contributed by atoms with Gasteiger partial charge in [0.15, 0.2) is 11.6 Å². The van der Waals surface area contributed by atoms with Crippen molar-refractivity contribution in [1.82, 2.24) is 4.98 Å². The van der Waals surface area contributed by atoms with E-state index >= 15 is 4.39 Å². The molecule has 0 radical (unpaired) electrons. The predicted octanol–water partition coefficient (Wildman–Crippen LogP) is 9.01. The topological polar surface area (TPSA) is 31.4 Å². The van der Waals surface area contributed by atoms with Crippen molar-refractivity contribution in [2.75, 3.05) is 13.2 Å². The minimum atomic E-state index is -0.287. The van der Waals surface area contributed by atoms with Crippen molar-refractivity contribution < 1.29 is 13.9 Å². The zero-order valence-corrected chi connectivity index (χ0v) is 20.5. The SMILES string of the molecule is CCCCCCCCCOc1ccc2c(ccc3nc(OCCCCCCC)ccc32)c1F. The van der Waals surface area contributed by atoms with Crippen LogP contribution in [0.4, 0.5) is 4.39 Å². The Morgan fingerprint density at radius 3 is 1.88 bits per heavy atom. The van der Waals surface area contributed by atoms with Gasteiger partial charge in [0.2, 0.25) is 5.88 Å². The van der Waals surface area contributed by atoms with Crippen molar-refractivity contribution >= 4 is 21.7 Å². The summed E-state index contributed by atoms with van der Waals surface area (Å²) in [7, 11) is 0. The van der Waals surface area contributed by atoms with Crippen LogP contribution in [0.5, 0.6) is 11.6 Å². The average molecular weight is 454 g/mol. The summed E-state index contributed by atoms with van der Waals surface area (Å²) in [5, 5.41) is 2.36. The van der Waals surface area contributed by atoms with Crippen LogP contribution in [-0.4, -0.2) is 18.2 Å². The Bertz CT molecular complexity index is 988. The maximum Gasteiger partial charge on any atom is 0.213 e. The molecule has 0 saturated carbocycles. The van der Waals surface area contributed by atoms with Gasteiger partial charge in [0.05, 0.1) is 18.7 Å². The lowest BCUT2D eigenvalue weighted by Gasteiger charge is -2.11. The zero-order valence-electron chi connectivity index (χ0n) is 20.5. The first-order chi connectivity index (χ1) is 16.2. The van der Waals surface area contributed by atoms with Crippen molar-refractivity contribution in [3.63, 3.8) is 0 Å². The van der Waals surface area contributed by atoms with Crippen LogP contribution in [0.3, 0.4) is 0 Å². The molecule has 3 nitrogen and oxygen atoms in total. The molecule has 3 aromatic rings. The number of benzene rings is 2. The lowest BCUT2D eigenvalue weighted by molar-refractivity contribution is 0.291. The van der Waals surface area contributed by atoms with Crippen molar-refractivity contribution in [2.45, 2.75) is 90.9 Å². The van der Waals surface area contributed by atoms with Crippen LogP contribution in [0.2, 0.25) is 0 Å². The Morgan fingerprint density at radius 2 is 1.18 bits per heavy atom. The van der Waals surface area contributed by atoms with E-state index in [1.54, 1.807) is 12.1 Å². The monoisotopic (exact) mass is 453 g/mol. The van der Waals surface area contributed by atoms with E-state index in [4.69, 9.17) is 9.47 Å². The highest BCUT2D eigenvalue weighted by Gasteiger charge is 2.12. The number of nitrogens with zero attached hydrogens (tertiary/aromatic N) is 1. The molecule has 1 heterocycles. The molecule has 0 N–H and O–H groups in total. The minimum absolute atomic E-state index is 0.287. The van der Waals surface area contributed by atoms with Gasteiger partial charge in [0.25, 0.3) is 0 Å². The third kappa shape index (κ3) is 7.58. The number of halogens is 1. The number of pyridine rings is 1. The summed E-state index contributed by atoms with van der Waals surface area (Å²) >= 11 is 0. The summed E-state index contributed by atoms with van der Waals surface area (Å²) in [5.41, 5.74) is 0.821. The third-order valence-corrected chi connectivity index (χ3v) is 6.24. The molecule has 0 atom stereocenters. The summed E-state index contributed by atoms with van der Waals surface area (Å²) in [6.45, 7) is 5.69. The number of hydrogen-bond acceptors (Lipinski definition) is 3. The largest absolute Gasteiger partial charge is 0.490 e. The van der Waals surface area contributed by atoms with Gasteiger partial charge in [0, 0.05) is 16.8 Å². The van der Waals surface area contributed by atoms with E-state index in [1.807, 2.05) is 24.3 Å². The predicted molar refractivity (Wildman–Crippen MR) is 137 cm³/mol. The number of unbranched alkanes of at least 4 members (excludes halogenated alkanes) is 10. The van der Waals surface area contributed by atoms with Gasteiger partial charge in [-0.25, -0.2) is 9.37 Å². The molecule has 1 aromatic heterocycles. The quantitative estimate of drug-likeness (QED) is 0.160. The van der Waals surface area contributed by atoms with E-state index in [-0.39, 0.29) is 5.82 Å². The maximum absolute atomic E-state index is 15.1. The van der Waals surface area contributed by atoms with Gasteiger partial charge in [-0.2, -0.15) is 0 Å². The fraction of sp³-hybridized carbons (Fsp3) is 0.552. The summed E-state index contributed by atoms with van der Waals surface area (Å²) in [4.78, 5) is 4.63. The number of aromatic nitrogens is 1. The Labute approximate surface area is 198 Å². The van der Waals surface area contributed by atoms with E-state index in [9.17, 15) is 0 Å². The molecule has 2 aromatic carbocycles. The second-order valence-electron chi connectivity index (χ2n) is 8.99. The first kappa shape index (κ1) is 25.3. The Balaban J connectivity index is 1.57. The summed E-state index contributed by atoms with van der Waals surface area (Å²) < 4.78 is 26.7. The first-order valence-electron chi connectivity index (χ1n) is 13.0. The molecule has 33 heavy (non-hydrogen) atoms. The average Bonchev–Trinajstić information content (AvgIpc) is 2.84. The van der Waals surface area contributed by atoms with Crippen molar-refractivity contribution in [3.05, 3.63) is 42.2 Å². The molecule has 0 aliphatic carbocycles. The summed E-state index contributed by atoms with van der Waals surface area (Å²) in [5.74, 6) is 0.682. The van der Waals surface area contributed by atoms with E-state index < -0.39 is 0 Å². The number of fused-ring (bicyclic) bond motifs is 3. The fourth-order valence-electron chi connectivity index (χ4n) is 4.26. The van der Waals surface area contributed by atoms with Crippen LogP contribution in [0.1, 0.15) is 90.9 Å². The molecular weight excluding hydrogens is 413 g/mol. The highest BCUT2D eigenvalue weighted by atomic mass is 19.1. The van der Waals surface area contributed by atoms with Crippen molar-refractivity contribution in [2.24, 2.45) is 0 Å². The molecule has 3 rings (SSSR count). The molecule has 0 unspecified atom stereocenters. The van der Waals surface area contributed by atoms with E-state index in [0.29, 0.717) is 30.2 Å². The number of ether oxygens (including phenoxy) is 2. The van der Waals surface area contributed by atoms with Crippen LogP contribution < -0.4 is 9.47 Å². The van der Waals surface area contributed by atoms with E-state index in [2.05, 4.69) is 18.8 Å². The Hall–Kier alpha value is -2.36. The number of rotatable bonds is 16. The summed E-state index contributed by atoms with van der Waals surface area (Å²) in [6, 6.07) is 11.2. The van der Waals surface area contributed by atoms with Crippen LogP contribution in [-0.2, 0) is 0 Å². The van der Waals surface area contributed by atoms with Gasteiger partial charge in [-0.05, 0) is 48.6 Å². The van der Waals surface area contributed by atoms with Crippen molar-refractivity contribution in [1.29, 1.82) is 0 Å². The van der Waals surface area contributed by atoms with Gasteiger partial charge in [-0.3, -0.25) is 0 Å². The van der Waals surface area contributed by atoms with Crippen LogP contribution >= 0.6 is 0 Å². The summed E-state index contributed by atoms with van der Waals surface area (Å²) in [6.07, 6.45) is 14.5. The van der Waals surface area contributed by atoms with Gasteiger partial charge < -0.3 is 9.47 Å². The highest BCUT2D eigenvalue weighted by molar-refractivity contribution is 6.06. The molecule has 0 aliphatic heterocycles. The highest BCUT2D eigenvalue weighted by Crippen LogP contribution is 2.32. The molecule has 0 spiro atoms. The second-order valence-corrected chi connectivity index (χ2v) is 8.99. The normalized spacial score (nSPS) is 11.4. The van der Waals surface area contributed by atoms with Gasteiger partial charge in [0.1, 0.15) is 0 Å². The van der Waals surface area contributed by atoms with Crippen molar-refractivity contribution in [3.8, 4) is 11.6 Å².